The van der Waals surface area contributed by atoms with Crippen molar-refractivity contribution in [2.24, 2.45) is 0 Å². The van der Waals surface area contributed by atoms with Crippen LogP contribution in [0.1, 0.15) is 11.3 Å². The summed E-state index contributed by atoms with van der Waals surface area (Å²) < 4.78 is 79.2. The molecule has 0 amide bonds. The standard InChI is InChI=1S/C19H17F3N2O5S/c1-11-12(2)23-29-18(11)13-4-9-16(27-3)17(10-13)30(25,26)24-14-5-7-15(8-6-14)28-19(20,21)22/h4-10,24H,1-3H3. The van der Waals surface area contributed by atoms with E-state index in [-0.39, 0.29) is 16.3 Å². The minimum Gasteiger partial charge on any atom is -0.495 e. The molecule has 0 unspecified atom stereocenters. The van der Waals surface area contributed by atoms with E-state index in [0.29, 0.717) is 17.0 Å². The van der Waals surface area contributed by atoms with E-state index in [4.69, 9.17) is 9.26 Å². The lowest BCUT2D eigenvalue weighted by molar-refractivity contribution is -0.274. The lowest BCUT2D eigenvalue weighted by Crippen LogP contribution is -2.17. The monoisotopic (exact) mass is 442 g/mol. The van der Waals surface area contributed by atoms with Gasteiger partial charge in [0.2, 0.25) is 0 Å². The van der Waals surface area contributed by atoms with Crippen LogP contribution in [0.4, 0.5) is 18.9 Å². The first-order valence-electron chi connectivity index (χ1n) is 8.50. The molecule has 0 saturated heterocycles. The Morgan fingerprint density at radius 2 is 1.73 bits per heavy atom. The van der Waals surface area contributed by atoms with Crippen LogP contribution in [0.3, 0.4) is 0 Å². The predicted octanol–water partition coefficient (Wildman–Crippen LogP) is 4.67. The van der Waals surface area contributed by atoms with Crippen LogP contribution in [0.25, 0.3) is 11.3 Å². The molecule has 0 aliphatic rings. The summed E-state index contributed by atoms with van der Waals surface area (Å²) in [5, 5.41) is 3.87. The van der Waals surface area contributed by atoms with Gasteiger partial charge < -0.3 is 14.0 Å². The van der Waals surface area contributed by atoms with Crippen molar-refractivity contribution in [3.63, 3.8) is 0 Å². The molecule has 0 saturated carbocycles. The van der Waals surface area contributed by atoms with Gasteiger partial charge in [-0.15, -0.1) is 13.2 Å². The molecule has 0 radical (unpaired) electrons. The van der Waals surface area contributed by atoms with Gasteiger partial charge in [-0.3, -0.25) is 4.72 Å². The van der Waals surface area contributed by atoms with Crippen molar-refractivity contribution < 1.29 is 35.6 Å². The molecular weight excluding hydrogens is 425 g/mol. The average Bonchev–Trinajstić information content (AvgIpc) is 3.00. The fraction of sp³-hybridized carbons (Fsp3) is 0.211. The van der Waals surface area contributed by atoms with Gasteiger partial charge in [0.15, 0.2) is 5.76 Å². The zero-order valence-electron chi connectivity index (χ0n) is 16.1. The molecule has 0 fully saturated rings. The lowest BCUT2D eigenvalue weighted by atomic mass is 10.1. The first-order valence-corrected chi connectivity index (χ1v) is 9.98. The number of halogens is 3. The molecule has 1 N–H and O–H groups in total. The highest BCUT2D eigenvalue weighted by atomic mass is 32.2. The highest BCUT2D eigenvalue weighted by molar-refractivity contribution is 7.92. The molecule has 3 rings (SSSR count). The Labute approximate surface area is 170 Å². The number of nitrogens with one attached hydrogen (secondary N) is 1. The van der Waals surface area contributed by atoms with Crippen molar-refractivity contribution in [1.82, 2.24) is 5.16 Å². The number of aryl methyl sites for hydroxylation is 1. The topological polar surface area (TPSA) is 90.7 Å². The molecule has 2 aromatic carbocycles. The number of alkyl halides is 3. The van der Waals surface area contributed by atoms with E-state index in [0.717, 1.165) is 29.8 Å². The SMILES string of the molecule is COc1ccc(-c2onc(C)c2C)cc1S(=O)(=O)Nc1ccc(OC(F)(F)F)cc1. The number of sulfonamides is 1. The van der Waals surface area contributed by atoms with Gasteiger partial charge in [-0.05, 0) is 56.3 Å². The highest BCUT2D eigenvalue weighted by Crippen LogP contribution is 2.33. The molecule has 0 spiro atoms. The van der Waals surface area contributed by atoms with Gasteiger partial charge >= 0.3 is 6.36 Å². The van der Waals surface area contributed by atoms with Gasteiger partial charge in [0.1, 0.15) is 16.4 Å². The van der Waals surface area contributed by atoms with Crippen molar-refractivity contribution >= 4 is 15.7 Å². The van der Waals surface area contributed by atoms with E-state index < -0.39 is 22.1 Å². The molecule has 30 heavy (non-hydrogen) atoms. The number of hydrogen-bond donors (Lipinski definition) is 1. The molecule has 0 aliphatic heterocycles. The van der Waals surface area contributed by atoms with Crippen LogP contribution in [0.5, 0.6) is 11.5 Å². The van der Waals surface area contributed by atoms with Crippen molar-refractivity contribution in [3.05, 3.63) is 53.7 Å². The third-order valence-corrected chi connectivity index (χ3v) is 5.62. The lowest BCUT2D eigenvalue weighted by Gasteiger charge is -2.13. The van der Waals surface area contributed by atoms with E-state index in [1.165, 1.54) is 19.2 Å². The maximum absolute atomic E-state index is 12.9. The van der Waals surface area contributed by atoms with Crippen LogP contribution < -0.4 is 14.2 Å². The summed E-state index contributed by atoms with van der Waals surface area (Å²) in [4.78, 5) is -0.174. The molecule has 1 heterocycles. The number of nitrogens with zero attached hydrogens (tertiary/aromatic N) is 1. The number of anilines is 1. The van der Waals surface area contributed by atoms with Gasteiger partial charge in [0, 0.05) is 16.8 Å². The molecule has 0 atom stereocenters. The first-order chi connectivity index (χ1) is 14.0. The maximum Gasteiger partial charge on any atom is 0.573 e. The fourth-order valence-electron chi connectivity index (χ4n) is 2.65. The van der Waals surface area contributed by atoms with E-state index in [1.807, 2.05) is 0 Å². The second kappa shape index (κ2) is 7.90. The number of rotatable bonds is 6. The quantitative estimate of drug-likeness (QED) is 0.597. The summed E-state index contributed by atoms with van der Waals surface area (Å²) in [5.41, 5.74) is 1.95. The van der Waals surface area contributed by atoms with Gasteiger partial charge in [-0.25, -0.2) is 8.42 Å². The summed E-state index contributed by atoms with van der Waals surface area (Å²) in [6, 6.07) is 8.78. The molecular formula is C19H17F3N2O5S. The van der Waals surface area contributed by atoms with Crippen molar-refractivity contribution in [3.8, 4) is 22.8 Å². The van der Waals surface area contributed by atoms with Gasteiger partial charge in [0.05, 0.1) is 12.8 Å². The minimum absolute atomic E-state index is 0.0451. The molecule has 11 heteroatoms. The van der Waals surface area contributed by atoms with Crippen LogP contribution in [0, 0.1) is 13.8 Å². The summed E-state index contributed by atoms with van der Waals surface area (Å²) in [5.74, 6) is 0.0265. The molecule has 3 aromatic rings. The Hall–Kier alpha value is -3.21. The number of benzene rings is 2. The summed E-state index contributed by atoms with van der Waals surface area (Å²) >= 11 is 0. The van der Waals surface area contributed by atoms with Crippen molar-refractivity contribution in [1.29, 1.82) is 0 Å². The zero-order valence-corrected chi connectivity index (χ0v) is 16.9. The van der Waals surface area contributed by atoms with E-state index in [9.17, 15) is 21.6 Å². The number of ether oxygens (including phenoxy) is 2. The van der Waals surface area contributed by atoms with E-state index >= 15 is 0 Å². The van der Waals surface area contributed by atoms with Gasteiger partial charge in [-0.2, -0.15) is 0 Å². The minimum atomic E-state index is -4.84. The Morgan fingerprint density at radius 3 is 2.27 bits per heavy atom. The smallest absolute Gasteiger partial charge is 0.495 e. The summed E-state index contributed by atoms with van der Waals surface area (Å²) in [6.45, 7) is 3.56. The fourth-order valence-corrected chi connectivity index (χ4v) is 3.90. The number of methoxy groups -OCH3 is 1. The Morgan fingerprint density at radius 1 is 1.07 bits per heavy atom. The molecule has 0 aliphatic carbocycles. The van der Waals surface area contributed by atoms with Crippen LogP contribution >= 0.6 is 0 Å². The van der Waals surface area contributed by atoms with Gasteiger partial charge in [-0.1, -0.05) is 5.16 Å². The predicted molar refractivity (Wildman–Crippen MR) is 102 cm³/mol. The second-order valence-electron chi connectivity index (χ2n) is 6.27. The van der Waals surface area contributed by atoms with Crippen LogP contribution in [0.2, 0.25) is 0 Å². The van der Waals surface area contributed by atoms with Gasteiger partial charge in [0.25, 0.3) is 10.0 Å². The highest BCUT2D eigenvalue weighted by Gasteiger charge is 2.31. The van der Waals surface area contributed by atoms with E-state index in [2.05, 4.69) is 14.6 Å². The third-order valence-electron chi connectivity index (χ3n) is 4.21. The van der Waals surface area contributed by atoms with Crippen molar-refractivity contribution in [2.45, 2.75) is 25.1 Å². The Kier molecular flexibility index (Phi) is 5.66. The van der Waals surface area contributed by atoms with E-state index in [1.54, 1.807) is 19.9 Å². The average molecular weight is 442 g/mol. The third kappa shape index (κ3) is 4.67. The Balaban J connectivity index is 1.93. The summed E-state index contributed by atoms with van der Waals surface area (Å²) in [7, 11) is -2.82. The molecule has 0 bridgehead atoms. The maximum atomic E-state index is 12.9. The largest absolute Gasteiger partial charge is 0.573 e. The molecule has 1 aromatic heterocycles. The first kappa shape index (κ1) is 21.5. The molecule has 7 nitrogen and oxygen atoms in total. The summed E-state index contributed by atoms with van der Waals surface area (Å²) in [6.07, 6.45) is -4.84. The second-order valence-corrected chi connectivity index (χ2v) is 7.92. The van der Waals surface area contributed by atoms with Crippen LogP contribution in [-0.4, -0.2) is 27.0 Å². The molecule has 160 valence electrons. The normalized spacial score (nSPS) is 11.9. The number of hydrogen-bond acceptors (Lipinski definition) is 6. The zero-order chi connectivity index (χ0) is 22.1. The van der Waals surface area contributed by atoms with Crippen LogP contribution in [-0.2, 0) is 10.0 Å². The number of aromatic nitrogens is 1. The van der Waals surface area contributed by atoms with Crippen LogP contribution in [0.15, 0.2) is 51.9 Å². The van der Waals surface area contributed by atoms with Crippen molar-refractivity contribution in [2.75, 3.05) is 11.8 Å². The Bertz CT molecular complexity index is 1160.